The molecule has 6 heteroatoms. The molecule has 0 aromatic carbocycles. The third-order valence-corrected chi connectivity index (χ3v) is 2.95. The van der Waals surface area contributed by atoms with Crippen LogP contribution in [0.25, 0.3) is 0 Å². The van der Waals surface area contributed by atoms with Gasteiger partial charge in [0.25, 0.3) is 0 Å². The Morgan fingerprint density at radius 1 is 1.50 bits per heavy atom. The molecule has 102 valence electrons. The maximum Gasteiger partial charge on any atom is 0.317 e. The van der Waals surface area contributed by atoms with Crippen molar-refractivity contribution in [2.75, 3.05) is 13.6 Å². The number of carboxylic acids is 1. The highest BCUT2D eigenvalue weighted by atomic mass is 16.4. The minimum Gasteiger partial charge on any atom is -0.481 e. The zero-order valence-corrected chi connectivity index (χ0v) is 11.1. The van der Waals surface area contributed by atoms with E-state index in [4.69, 9.17) is 10.4 Å². The number of carbonyl (C=O) groups excluding carboxylic acids is 1. The Kier molecular flexibility index (Phi) is 7.52. The summed E-state index contributed by atoms with van der Waals surface area (Å²) < 4.78 is 0. The minimum atomic E-state index is -0.859. The van der Waals surface area contributed by atoms with Gasteiger partial charge in [-0.05, 0) is 12.8 Å². The van der Waals surface area contributed by atoms with Crippen LogP contribution in [0, 0.1) is 17.2 Å². The number of aliphatic carboxylic acids is 1. The van der Waals surface area contributed by atoms with Crippen molar-refractivity contribution in [2.24, 2.45) is 5.92 Å². The van der Waals surface area contributed by atoms with Crippen LogP contribution in [-0.4, -0.2) is 41.6 Å². The first kappa shape index (κ1) is 16.2. The second kappa shape index (κ2) is 8.34. The van der Waals surface area contributed by atoms with Gasteiger partial charge in [-0.1, -0.05) is 13.3 Å². The summed E-state index contributed by atoms with van der Waals surface area (Å²) >= 11 is 0. The monoisotopic (exact) mass is 255 g/mol. The molecular weight excluding hydrogens is 234 g/mol. The first-order valence-electron chi connectivity index (χ1n) is 6.01. The molecule has 2 atom stereocenters. The van der Waals surface area contributed by atoms with E-state index in [2.05, 4.69) is 5.32 Å². The Morgan fingerprint density at radius 3 is 2.56 bits per heavy atom. The smallest absolute Gasteiger partial charge is 0.317 e. The van der Waals surface area contributed by atoms with Gasteiger partial charge < -0.3 is 15.3 Å². The van der Waals surface area contributed by atoms with Gasteiger partial charge in [0.2, 0.25) is 0 Å². The maximum absolute atomic E-state index is 11.7. The number of nitrogens with zero attached hydrogens (tertiary/aromatic N) is 2. The molecular formula is C12H21N3O3. The number of carboxylic acid groups (broad SMARTS) is 1. The van der Waals surface area contributed by atoms with Crippen molar-refractivity contribution < 1.29 is 14.7 Å². The molecule has 2 N–H and O–H groups in total. The third-order valence-electron chi connectivity index (χ3n) is 2.95. The normalized spacial score (nSPS) is 13.2. The number of amides is 2. The summed E-state index contributed by atoms with van der Waals surface area (Å²) in [7, 11) is 1.62. The van der Waals surface area contributed by atoms with Gasteiger partial charge in [0.05, 0.1) is 12.5 Å². The quantitative estimate of drug-likeness (QED) is 0.719. The first-order valence-corrected chi connectivity index (χ1v) is 6.01. The molecule has 2 unspecified atom stereocenters. The fourth-order valence-electron chi connectivity index (χ4n) is 1.43. The van der Waals surface area contributed by atoms with E-state index in [9.17, 15) is 9.59 Å². The lowest BCUT2D eigenvalue weighted by molar-refractivity contribution is -0.138. The predicted octanol–water partition coefficient (Wildman–Crippen LogP) is 1.43. The lowest BCUT2D eigenvalue weighted by Crippen LogP contribution is -2.43. The Morgan fingerprint density at radius 2 is 2.11 bits per heavy atom. The van der Waals surface area contributed by atoms with Gasteiger partial charge >= 0.3 is 12.0 Å². The van der Waals surface area contributed by atoms with E-state index in [0.29, 0.717) is 13.0 Å². The number of nitriles is 1. The summed E-state index contributed by atoms with van der Waals surface area (Å²) in [5.74, 6) is -0.923. The van der Waals surface area contributed by atoms with Gasteiger partial charge in [-0.15, -0.1) is 0 Å². The van der Waals surface area contributed by atoms with Gasteiger partial charge in [-0.3, -0.25) is 4.79 Å². The van der Waals surface area contributed by atoms with E-state index >= 15 is 0 Å². The third kappa shape index (κ3) is 6.09. The Bertz CT molecular complexity index is 325. The summed E-state index contributed by atoms with van der Waals surface area (Å²) in [6.45, 7) is 4.02. The maximum atomic E-state index is 11.7. The fourth-order valence-corrected chi connectivity index (χ4v) is 1.43. The van der Waals surface area contributed by atoms with Crippen molar-refractivity contribution in [1.82, 2.24) is 10.2 Å². The summed E-state index contributed by atoms with van der Waals surface area (Å²) in [4.78, 5) is 23.8. The van der Waals surface area contributed by atoms with Crippen LogP contribution >= 0.6 is 0 Å². The van der Waals surface area contributed by atoms with E-state index < -0.39 is 5.97 Å². The van der Waals surface area contributed by atoms with Crippen molar-refractivity contribution in [3.8, 4) is 6.07 Å². The molecule has 0 saturated carbocycles. The molecule has 0 heterocycles. The van der Waals surface area contributed by atoms with E-state index in [0.717, 1.165) is 0 Å². The predicted molar refractivity (Wildman–Crippen MR) is 66.9 cm³/mol. The molecule has 0 aliphatic heterocycles. The SMILES string of the molecule is CCC(CNC(=O)N(C)C(C)CC#N)CC(=O)O. The molecule has 0 aromatic heterocycles. The van der Waals surface area contributed by atoms with Gasteiger partial charge in [0.15, 0.2) is 0 Å². The van der Waals surface area contributed by atoms with Crippen LogP contribution in [0.4, 0.5) is 4.79 Å². The van der Waals surface area contributed by atoms with Crippen LogP contribution in [0.15, 0.2) is 0 Å². The topological polar surface area (TPSA) is 93.4 Å². The van der Waals surface area contributed by atoms with Gasteiger partial charge in [0.1, 0.15) is 0 Å². The van der Waals surface area contributed by atoms with Crippen LogP contribution in [0.5, 0.6) is 0 Å². The molecule has 2 amide bonds. The molecule has 6 nitrogen and oxygen atoms in total. The molecule has 18 heavy (non-hydrogen) atoms. The van der Waals surface area contributed by atoms with Crippen LogP contribution in [0.2, 0.25) is 0 Å². The van der Waals surface area contributed by atoms with E-state index in [-0.39, 0.29) is 30.8 Å². The van der Waals surface area contributed by atoms with Crippen LogP contribution in [0.1, 0.15) is 33.1 Å². The molecule has 0 spiro atoms. The molecule has 0 saturated heterocycles. The Labute approximate surface area is 108 Å². The lowest BCUT2D eigenvalue weighted by Gasteiger charge is -2.24. The number of carbonyl (C=O) groups is 2. The highest BCUT2D eigenvalue weighted by Gasteiger charge is 2.17. The summed E-state index contributed by atoms with van der Waals surface area (Å²) in [5, 5.41) is 19.9. The average Bonchev–Trinajstić information content (AvgIpc) is 2.32. The van der Waals surface area contributed by atoms with Gasteiger partial charge in [-0.25, -0.2) is 4.79 Å². The summed E-state index contributed by atoms with van der Waals surface area (Å²) in [5.41, 5.74) is 0. The molecule has 0 aromatic rings. The second-order valence-electron chi connectivity index (χ2n) is 4.38. The van der Waals surface area contributed by atoms with E-state index in [1.165, 1.54) is 4.90 Å². The summed E-state index contributed by atoms with van der Waals surface area (Å²) in [6.07, 6.45) is 1.02. The first-order chi connectivity index (χ1) is 8.42. The molecule has 0 rings (SSSR count). The van der Waals surface area contributed by atoms with Crippen molar-refractivity contribution in [3.05, 3.63) is 0 Å². The molecule has 0 bridgehead atoms. The molecule has 0 aliphatic carbocycles. The van der Waals surface area contributed by atoms with Gasteiger partial charge in [-0.2, -0.15) is 5.26 Å². The van der Waals surface area contributed by atoms with E-state index in [1.54, 1.807) is 14.0 Å². The van der Waals surface area contributed by atoms with Crippen molar-refractivity contribution in [3.63, 3.8) is 0 Å². The van der Waals surface area contributed by atoms with Gasteiger partial charge in [0, 0.05) is 26.1 Å². The van der Waals surface area contributed by atoms with Crippen LogP contribution < -0.4 is 5.32 Å². The van der Waals surface area contributed by atoms with Crippen LogP contribution in [0.3, 0.4) is 0 Å². The van der Waals surface area contributed by atoms with Crippen molar-refractivity contribution in [2.45, 2.75) is 39.2 Å². The highest BCUT2D eigenvalue weighted by molar-refractivity contribution is 5.74. The molecule has 0 fully saturated rings. The van der Waals surface area contributed by atoms with Crippen molar-refractivity contribution >= 4 is 12.0 Å². The number of urea groups is 1. The number of rotatable bonds is 7. The van der Waals surface area contributed by atoms with Crippen molar-refractivity contribution in [1.29, 1.82) is 5.26 Å². The lowest BCUT2D eigenvalue weighted by atomic mass is 10.0. The van der Waals surface area contributed by atoms with Crippen LogP contribution in [-0.2, 0) is 4.79 Å². The number of hydrogen-bond acceptors (Lipinski definition) is 3. The molecule has 0 aliphatic rings. The largest absolute Gasteiger partial charge is 0.481 e. The zero-order chi connectivity index (χ0) is 14.1. The highest BCUT2D eigenvalue weighted by Crippen LogP contribution is 2.07. The minimum absolute atomic E-state index is 0.0498. The fraction of sp³-hybridized carbons (Fsp3) is 0.750. The zero-order valence-electron chi connectivity index (χ0n) is 11.1. The second-order valence-corrected chi connectivity index (χ2v) is 4.38. The Balaban J connectivity index is 4.15. The number of nitrogens with one attached hydrogen (secondary N) is 1. The number of hydrogen-bond donors (Lipinski definition) is 2. The summed E-state index contributed by atoms with van der Waals surface area (Å²) in [6, 6.07) is 1.57. The van der Waals surface area contributed by atoms with E-state index in [1.807, 2.05) is 13.0 Å². The average molecular weight is 255 g/mol. The Hall–Kier alpha value is -1.77. The molecule has 0 radical (unpaired) electrons. The standard InChI is InChI=1S/C12H21N3O3/c1-4-10(7-11(16)17)8-14-12(18)15(3)9(2)5-6-13/h9-10H,4-5,7-8H2,1-3H3,(H,14,18)(H,16,17).